The van der Waals surface area contributed by atoms with E-state index in [2.05, 4.69) is 155 Å². The number of aryl methyl sites for hydroxylation is 3. The van der Waals surface area contributed by atoms with Crippen LogP contribution in [-0.2, 0) is 23.3 Å². The smallest absolute Gasteiger partial charge is 0.324 e. The highest BCUT2D eigenvalue weighted by atomic mass is 35.5. The van der Waals surface area contributed by atoms with Gasteiger partial charge in [-0.2, -0.15) is 20.4 Å². The van der Waals surface area contributed by atoms with Gasteiger partial charge in [0.15, 0.2) is 5.65 Å². The molecule has 9 aromatic heterocycles. The quantitative estimate of drug-likeness (QED) is 0.0518. The Kier molecular flexibility index (Phi) is 21.8. The number of thiophene rings is 2. The standard InChI is InChI=1S/C29H33N9O.C27H26ClN7OS.C27H27N7OS/c1-17(2)18-9-13-21(14-10-18)38-23(15-22(35-38)29(3,4)5)34-28(39)33-20-11-7-19(8-12-20)25-24-26(30)31-16-32-27(24)37(6)36-25;1-15-5-8-17(9-6-15)35-22(12-21(34-35)27(2,3)4)33-26(36)32-16-7-10-18(20(28)11-16)19-13-37-25-23(19)24(29)30-14-31-25;1-16-5-11-19(12-6-16)34-22(13-21(33-34)27(2,3)4)32-26(35)31-18-9-7-17(8-10-18)20-14-36-25-23(20)24(28)29-15-30-25/h7-17H,1-6H3,(H2,30,31,32)(H2,33,34,39);5-14H,1-4H3,(H2,29,30,31)(H2,32,33,36);5-15H,1-4H3,(H2,28,29,30)(H2,31,32,35). The number of rotatable bonds is 13. The molecule has 0 radical (unpaired) electrons. The summed E-state index contributed by atoms with van der Waals surface area (Å²) in [5.74, 6) is 3.40. The molecule has 6 aromatic carbocycles. The molecule has 0 bridgehead atoms. The molecule has 0 aliphatic rings. The van der Waals surface area contributed by atoms with E-state index >= 15 is 0 Å². The molecular formula is C83H86ClN23O3S2. The Morgan fingerprint density at radius 3 is 1.21 bits per heavy atom. The van der Waals surface area contributed by atoms with Crippen LogP contribution in [0.25, 0.3) is 82.0 Å². The van der Waals surface area contributed by atoms with Crippen molar-refractivity contribution in [2.24, 2.45) is 7.05 Å². The van der Waals surface area contributed by atoms with Gasteiger partial charge < -0.3 is 33.2 Å². The number of halogens is 1. The lowest BCUT2D eigenvalue weighted by atomic mass is 9.92. The van der Waals surface area contributed by atoms with Gasteiger partial charge in [-0.3, -0.25) is 16.0 Å². The average molecular weight is 1550 g/mol. The normalized spacial score (nSPS) is 11.6. The molecule has 570 valence electrons. The van der Waals surface area contributed by atoms with E-state index in [0.717, 1.165) is 93.5 Å². The summed E-state index contributed by atoms with van der Waals surface area (Å²) < 4.78 is 6.94. The van der Waals surface area contributed by atoms with Gasteiger partial charge in [-0.1, -0.05) is 166 Å². The predicted octanol–water partition coefficient (Wildman–Crippen LogP) is 19.3. The van der Waals surface area contributed by atoms with E-state index in [1.807, 2.05) is 165 Å². The number of anilines is 9. The number of nitrogens with two attached hydrogens (primary N) is 3. The summed E-state index contributed by atoms with van der Waals surface area (Å²) in [5, 5.41) is 43.2. The molecule has 0 saturated carbocycles. The lowest BCUT2D eigenvalue weighted by Gasteiger charge is -2.14. The highest BCUT2D eigenvalue weighted by Crippen LogP contribution is 2.41. The second-order valence-corrected chi connectivity index (χ2v) is 32.5. The predicted molar refractivity (Wildman–Crippen MR) is 454 cm³/mol. The molecule has 0 aliphatic heterocycles. The minimum absolute atomic E-state index is 0.168. The van der Waals surface area contributed by atoms with Crippen molar-refractivity contribution in [3.05, 3.63) is 226 Å². The Bertz CT molecular complexity index is 5960. The molecule has 9 heterocycles. The van der Waals surface area contributed by atoms with Crippen molar-refractivity contribution in [2.45, 2.75) is 112 Å². The first-order valence-corrected chi connectivity index (χ1v) is 38.1. The van der Waals surface area contributed by atoms with Crippen LogP contribution >= 0.6 is 34.3 Å². The molecule has 29 heteroatoms. The molecule has 6 amide bonds. The molecule has 112 heavy (non-hydrogen) atoms. The highest BCUT2D eigenvalue weighted by molar-refractivity contribution is 7.17. The lowest BCUT2D eigenvalue weighted by Crippen LogP contribution is -2.21. The van der Waals surface area contributed by atoms with Gasteiger partial charge in [-0.25, -0.2) is 63.0 Å². The summed E-state index contributed by atoms with van der Waals surface area (Å²) in [6.07, 6.45) is 4.34. The molecule has 0 fully saturated rings. The number of amides is 6. The van der Waals surface area contributed by atoms with Crippen LogP contribution < -0.4 is 49.1 Å². The number of aromatic nitrogens is 14. The van der Waals surface area contributed by atoms with Gasteiger partial charge >= 0.3 is 18.1 Å². The van der Waals surface area contributed by atoms with E-state index in [1.54, 1.807) is 30.9 Å². The number of carbonyl (C=O) groups excluding carboxylic acids is 3. The summed E-state index contributed by atoms with van der Waals surface area (Å²) in [4.78, 5) is 65.7. The molecule has 0 spiro atoms. The zero-order chi connectivity index (χ0) is 79.7. The first kappa shape index (κ1) is 77.2. The largest absolute Gasteiger partial charge is 0.383 e. The maximum atomic E-state index is 13.0. The van der Waals surface area contributed by atoms with Crippen LogP contribution in [0.4, 0.5) is 66.4 Å². The minimum Gasteiger partial charge on any atom is -0.383 e. The third-order valence-electron chi connectivity index (χ3n) is 18.4. The van der Waals surface area contributed by atoms with Crippen molar-refractivity contribution in [3.63, 3.8) is 0 Å². The molecule has 0 atom stereocenters. The lowest BCUT2D eigenvalue weighted by molar-refractivity contribution is 0.261. The summed E-state index contributed by atoms with van der Waals surface area (Å²) >= 11 is 9.62. The molecule has 26 nitrogen and oxygen atoms in total. The second-order valence-electron chi connectivity index (χ2n) is 30.3. The third kappa shape index (κ3) is 17.2. The van der Waals surface area contributed by atoms with Crippen LogP contribution in [0.2, 0.25) is 5.02 Å². The molecule has 0 unspecified atom stereocenters. The topological polar surface area (TPSA) is 350 Å². The third-order valence-corrected chi connectivity index (χ3v) is 20.4. The number of nitrogens with one attached hydrogen (secondary N) is 6. The van der Waals surface area contributed by atoms with Crippen molar-refractivity contribution in [1.82, 2.24) is 69.0 Å². The fourth-order valence-electron chi connectivity index (χ4n) is 12.1. The number of hydrogen-bond donors (Lipinski definition) is 9. The Hall–Kier alpha value is -12.9. The van der Waals surface area contributed by atoms with Crippen molar-refractivity contribution >= 4 is 136 Å². The van der Waals surface area contributed by atoms with E-state index in [4.69, 9.17) is 44.1 Å². The fraction of sp³-hybridized carbons (Fsp3) is 0.217. The number of benzene rings is 6. The van der Waals surface area contributed by atoms with E-state index in [1.165, 1.54) is 47.2 Å². The second kappa shape index (κ2) is 31.6. The Morgan fingerprint density at radius 1 is 0.420 bits per heavy atom. The van der Waals surface area contributed by atoms with Crippen LogP contribution in [-0.4, -0.2) is 87.1 Å². The molecular weight excluding hydrogens is 1470 g/mol. The van der Waals surface area contributed by atoms with Crippen molar-refractivity contribution in [2.75, 3.05) is 49.1 Å². The monoisotopic (exact) mass is 1550 g/mol. The van der Waals surface area contributed by atoms with Crippen molar-refractivity contribution in [3.8, 4) is 50.6 Å². The van der Waals surface area contributed by atoms with Gasteiger partial charge in [-0.15, -0.1) is 22.7 Å². The van der Waals surface area contributed by atoms with E-state index in [9.17, 15) is 14.4 Å². The summed E-state index contributed by atoms with van der Waals surface area (Å²) in [6.45, 7) is 27.2. The summed E-state index contributed by atoms with van der Waals surface area (Å²) in [7, 11) is 1.81. The maximum absolute atomic E-state index is 13.0. The number of urea groups is 3. The zero-order valence-corrected chi connectivity index (χ0v) is 66.8. The van der Waals surface area contributed by atoms with E-state index in [0.29, 0.717) is 79.6 Å². The van der Waals surface area contributed by atoms with Crippen LogP contribution in [0.1, 0.15) is 116 Å². The van der Waals surface area contributed by atoms with E-state index < -0.39 is 6.03 Å². The van der Waals surface area contributed by atoms with Crippen LogP contribution in [0.5, 0.6) is 0 Å². The van der Waals surface area contributed by atoms with Gasteiger partial charge in [0.25, 0.3) is 0 Å². The number of nitrogen functional groups attached to an aromatic ring is 3. The van der Waals surface area contributed by atoms with Crippen molar-refractivity contribution < 1.29 is 14.4 Å². The molecule has 15 rings (SSSR count). The Balaban J connectivity index is 0.000000147. The summed E-state index contributed by atoms with van der Waals surface area (Å²) in [5.41, 5.74) is 34.1. The zero-order valence-electron chi connectivity index (χ0n) is 64.4. The van der Waals surface area contributed by atoms with Gasteiger partial charge in [0, 0.05) is 91.6 Å². The number of fused-ring (bicyclic) bond motifs is 3. The number of nitrogens with zero attached hydrogens (tertiary/aromatic N) is 14. The van der Waals surface area contributed by atoms with Crippen molar-refractivity contribution in [1.29, 1.82) is 0 Å². The Labute approximate surface area is 660 Å². The maximum Gasteiger partial charge on any atom is 0.324 e. The molecule has 0 aliphatic carbocycles. The minimum atomic E-state index is -0.406. The molecule has 15 aromatic rings. The molecule has 0 saturated heterocycles. The van der Waals surface area contributed by atoms with Crippen LogP contribution in [0.15, 0.2) is 187 Å². The average Bonchev–Trinajstić information content (AvgIpc) is 1.64. The van der Waals surface area contributed by atoms with Crippen LogP contribution in [0, 0.1) is 13.8 Å². The fourth-order valence-corrected chi connectivity index (χ4v) is 14.2. The molecule has 12 N–H and O–H groups in total. The number of carbonyl (C=O) groups is 3. The van der Waals surface area contributed by atoms with Gasteiger partial charge in [-0.05, 0) is 104 Å². The van der Waals surface area contributed by atoms with E-state index in [-0.39, 0.29) is 28.3 Å². The first-order chi connectivity index (χ1) is 53.3. The SMILES string of the molecule is CC(C)c1ccc(-n2nc(C(C)(C)C)cc2NC(=O)Nc2ccc(-c3nn(C)c4ncnc(N)c34)cc2)cc1.Cc1ccc(-n2nc(C(C)(C)C)cc2NC(=O)Nc2ccc(-c3csc4ncnc(N)c34)c(Cl)c2)cc1.Cc1ccc(-n2nc(C(C)(C)C)cc2NC(=O)Nc2ccc(-c3csc4ncnc(N)c34)cc2)cc1. The van der Waals surface area contributed by atoms with Gasteiger partial charge in [0.2, 0.25) is 0 Å². The van der Waals surface area contributed by atoms with Crippen LogP contribution in [0.3, 0.4) is 0 Å². The number of hydrogen-bond acceptors (Lipinski definition) is 18. The first-order valence-electron chi connectivity index (χ1n) is 36.0. The van der Waals surface area contributed by atoms with Gasteiger partial charge in [0.05, 0.1) is 55.3 Å². The Morgan fingerprint density at radius 2 is 0.795 bits per heavy atom. The highest BCUT2D eigenvalue weighted by Gasteiger charge is 2.27. The summed E-state index contributed by atoms with van der Waals surface area (Å²) in [6, 6.07) is 49.2. The van der Waals surface area contributed by atoms with Gasteiger partial charge in [0.1, 0.15) is 69.2 Å².